The molecule has 1 heterocycles. The molecular formula is C23H36IN3O3. The minimum atomic E-state index is -0.0588. The first-order valence-corrected chi connectivity index (χ1v) is 11.0. The molecule has 1 N–H and O–H groups in total. The second-order valence-electron chi connectivity index (χ2n) is 7.79. The Bertz CT molecular complexity index is 690. The van der Waals surface area contributed by atoms with Crippen LogP contribution in [-0.4, -0.2) is 56.7 Å². The number of likely N-dealkylation sites (tertiary alicyclic amines) is 1. The van der Waals surface area contributed by atoms with Crippen molar-refractivity contribution >= 4 is 35.9 Å². The maximum Gasteiger partial charge on any atom is 0.309 e. The lowest BCUT2D eigenvalue weighted by Crippen LogP contribution is -2.47. The molecule has 0 spiro atoms. The highest BCUT2D eigenvalue weighted by Crippen LogP contribution is 2.32. The number of carbonyl (C=O) groups is 1. The molecule has 1 aromatic carbocycles. The van der Waals surface area contributed by atoms with Gasteiger partial charge in [0.05, 0.1) is 18.6 Å². The first-order valence-electron chi connectivity index (χ1n) is 11.0. The summed E-state index contributed by atoms with van der Waals surface area (Å²) in [4.78, 5) is 18.5. The summed E-state index contributed by atoms with van der Waals surface area (Å²) >= 11 is 0. The van der Waals surface area contributed by atoms with E-state index in [-0.39, 0.29) is 42.0 Å². The van der Waals surface area contributed by atoms with Crippen molar-refractivity contribution in [2.75, 3.05) is 39.9 Å². The Morgan fingerprint density at radius 1 is 1.23 bits per heavy atom. The molecular weight excluding hydrogens is 493 g/mol. The van der Waals surface area contributed by atoms with E-state index in [1.165, 1.54) is 24.0 Å². The Morgan fingerprint density at radius 2 is 2.00 bits per heavy atom. The maximum absolute atomic E-state index is 11.9. The number of ether oxygens (including phenoxy) is 2. The number of aliphatic imine (C=N–C) groups is 1. The third kappa shape index (κ3) is 6.83. The van der Waals surface area contributed by atoms with Crippen LogP contribution < -0.4 is 5.32 Å². The number of nitrogens with zero attached hydrogens (tertiary/aromatic N) is 2. The van der Waals surface area contributed by atoms with Gasteiger partial charge in [0.2, 0.25) is 0 Å². The molecule has 1 saturated heterocycles. The number of benzene rings is 1. The van der Waals surface area contributed by atoms with Gasteiger partial charge < -0.3 is 19.7 Å². The minimum absolute atomic E-state index is 0. The largest absolute Gasteiger partial charge is 0.466 e. The zero-order valence-electron chi connectivity index (χ0n) is 18.3. The van der Waals surface area contributed by atoms with Crippen LogP contribution in [0.2, 0.25) is 0 Å². The van der Waals surface area contributed by atoms with E-state index >= 15 is 0 Å². The van der Waals surface area contributed by atoms with Crippen molar-refractivity contribution in [2.45, 2.75) is 51.6 Å². The number of fused-ring (bicyclic) bond motifs is 1. The molecule has 0 aromatic heterocycles. The van der Waals surface area contributed by atoms with Crippen LogP contribution in [0.25, 0.3) is 0 Å². The summed E-state index contributed by atoms with van der Waals surface area (Å²) in [7, 11) is 1.81. The molecule has 7 heteroatoms. The zero-order valence-corrected chi connectivity index (χ0v) is 20.6. The van der Waals surface area contributed by atoms with E-state index in [9.17, 15) is 4.79 Å². The quantitative estimate of drug-likeness (QED) is 0.191. The van der Waals surface area contributed by atoms with Gasteiger partial charge in [0.15, 0.2) is 5.96 Å². The number of hydrogen-bond acceptors (Lipinski definition) is 4. The van der Waals surface area contributed by atoms with Gasteiger partial charge in [-0.1, -0.05) is 24.3 Å². The van der Waals surface area contributed by atoms with Crippen LogP contribution in [0.15, 0.2) is 29.3 Å². The van der Waals surface area contributed by atoms with Crippen molar-refractivity contribution < 1.29 is 14.3 Å². The van der Waals surface area contributed by atoms with Crippen LogP contribution in [0.3, 0.4) is 0 Å². The van der Waals surface area contributed by atoms with Gasteiger partial charge >= 0.3 is 5.97 Å². The first kappa shape index (κ1) is 24.9. The van der Waals surface area contributed by atoms with Crippen molar-refractivity contribution in [1.29, 1.82) is 0 Å². The Kier molecular flexibility index (Phi) is 10.9. The Hall–Kier alpha value is -1.35. The van der Waals surface area contributed by atoms with Gasteiger partial charge in [-0.3, -0.25) is 9.79 Å². The van der Waals surface area contributed by atoms with Crippen molar-refractivity contribution in [3.63, 3.8) is 0 Å². The predicted molar refractivity (Wildman–Crippen MR) is 130 cm³/mol. The monoisotopic (exact) mass is 529 g/mol. The van der Waals surface area contributed by atoms with Crippen LogP contribution in [-0.2, 0) is 20.7 Å². The fraction of sp³-hybridized carbons (Fsp3) is 0.652. The summed E-state index contributed by atoms with van der Waals surface area (Å²) in [6.45, 7) is 5.55. The topological polar surface area (TPSA) is 63.2 Å². The highest BCUT2D eigenvalue weighted by atomic mass is 127. The molecule has 1 unspecified atom stereocenters. The molecule has 1 fully saturated rings. The molecule has 6 nitrogen and oxygen atoms in total. The van der Waals surface area contributed by atoms with Crippen LogP contribution >= 0.6 is 24.0 Å². The molecule has 2 aliphatic rings. The SMILES string of the molecule is CCOC(=O)C1CCN(C(=NC)NCCCOC2CCCc3ccccc32)CC1.I. The van der Waals surface area contributed by atoms with Gasteiger partial charge in [-0.05, 0) is 56.6 Å². The normalized spacial score (nSPS) is 19.6. The number of aryl methyl sites for hydroxylation is 1. The third-order valence-electron chi connectivity index (χ3n) is 5.86. The lowest BCUT2D eigenvalue weighted by Gasteiger charge is -2.33. The van der Waals surface area contributed by atoms with Crippen LogP contribution in [0.5, 0.6) is 0 Å². The van der Waals surface area contributed by atoms with Gasteiger partial charge in [-0.15, -0.1) is 24.0 Å². The Labute approximate surface area is 197 Å². The Morgan fingerprint density at radius 3 is 2.73 bits per heavy atom. The van der Waals surface area contributed by atoms with Gasteiger partial charge in [0, 0.05) is 33.3 Å². The fourth-order valence-electron chi connectivity index (χ4n) is 4.30. The molecule has 1 aromatic rings. The number of esters is 1. The summed E-state index contributed by atoms with van der Waals surface area (Å²) in [5, 5.41) is 3.44. The number of carbonyl (C=O) groups excluding carboxylic acids is 1. The molecule has 0 saturated carbocycles. The fourth-order valence-corrected chi connectivity index (χ4v) is 4.30. The molecule has 168 valence electrons. The molecule has 30 heavy (non-hydrogen) atoms. The highest BCUT2D eigenvalue weighted by molar-refractivity contribution is 14.0. The standard InChI is InChI=1S/C23H35N3O3.HI/c1-3-28-22(27)19-12-15-26(16-13-19)23(24-2)25-14-7-17-29-21-11-6-9-18-8-4-5-10-20(18)21;/h4-5,8,10,19,21H,3,6-7,9,11-17H2,1-2H3,(H,24,25);1H. The second kappa shape index (κ2) is 13.1. The predicted octanol–water partition coefficient (Wildman–Crippen LogP) is 3.94. The number of piperidine rings is 1. The van der Waals surface area contributed by atoms with E-state index < -0.39 is 0 Å². The van der Waals surface area contributed by atoms with E-state index in [1.807, 2.05) is 14.0 Å². The maximum atomic E-state index is 11.9. The molecule has 1 aliphatic carbocycles. The van der Waals surface area contributed by atoms with Crippen molar-refractivity contribution in [3.05, 3.63) is 35.4 Å². The first-order chi connectivity index (χ1) is 14.2. The van der Waals surface area contributed by atoms with Crippen LogP contribution in [0, 0.1) is 5.92 Å². The summed E-state index contributed by atoms with van der Waals surface area (Å²) in [5.41, 5.74) is 2.81. The lowest BCUT2D eigenvalue weighted by molar-refractivity contribution is -0.149. The molecule has 1 aliphatic heterocycles. The van der Waals surface area contributed by atoms with Gasteiger partial charge in [0.25, 0.3) is 0 Å². The van der Waals surface area contributed by atoms with Crippen LogP contribution in [0.4, 0.5) is 0 Å². The molecule has 1 atom stereocenters. The zero-order chi connectivity index (χ0) is 20.5. The van der Waals surface area contributed by atoms with E-state index in [0.29, 0.717) is 6.61 Å². The number of guanidine groups is 1. The molecule has 0 radical (unpaired) electrons. The number of hydrogen-bond donors (Lipinski definition) is 1. The van der Waals surface area contributed by atoms with Crippen molar-refractivity contribution in [2.24, 2.45) is 10.9 Å². The summed E-state index contributed by atoms with van der Waals surface area (Å²) in [6.07, 6.45) is 6.31. The molecule has 0 amide bonds. The smallest absolute Gasteiger partial charge is 0.309 e. The number of rotatable bonds is 7. The minimum Gasteiger partial charge on any atom is -0.466 e. The van der Waals surface area contributed by atoms with E-state index in [1.54, 1.807) is 0 Å². The number of nitrogens with one attached hydrogen (secondary N) is 1. The van der Waals surface area contributed by atoms with Crippen molar-refractivity contribution in [1.82, 2.24) is 10.2 Å². The molecule has 3 rings (SSSR count). The van der Waals surface area contributed by atoms with Gasteiger partial charge in [0.1, 0.15) is 0 Å². The van der Waals surface area contributed by atoms with E-state index in [2.05, 4.69) is 39.5 Å². The molecule has 0 bridgehead atoms. The average molecular weight is 529 g/mol. The van der Waals surface area contributed by atoms with E-state index in [0.717, 1.165) is 57.9 Å². The number of halogens is 1. The van der Waals surface area contributed by atoms with Crippen molar-refractivity contribution in [3.8, 4) is 0 Å². The summed E-state index contributed by atoms with van der Waals surface area (Å²) < 4.78 is 11.3. The van der Waals surface area contributed by atoms with Gasteiger partial charge in [-0.25, -0.2) is 0 Å². The van der Waals surface area contributed by atoms with Crippen LogP contribution in [0.1, 0.15) is 56.3 Å². The Balaban J connectivity index is 0.00000320. The summed E-state index contributed by atoms with van der Waals surface area (Å²) in [6, 6.07) is 8.66. The highest BCUT2D eigenvalue weighted by Gasteiger charge is 2.27. The third-order valence-corrected chi connectivity index (χ3v) is 5.86. The summed E-state index contributed by atoms with van der Waals surface area (Å²) in [5.74, 6) is 0.878. The van der Waals surface area contributed by atoms with E-state index in [4.69, 9.17) is 9.47 Å². The lowest BCUT2D eigenvalue weighted by atomic mass is 9.89. The second-order valence-corrected chi connectivity index (χ2v) is 7.79. The van der Waals surface area contributed by atoms with Gasteiger partial charge in [-0.2, -0.15) is 0 Å². The average Bonchev–Trinajstić information content (AvgIpc) is 2.76.